The number of benzene rings is 19. The van der Waals surface area contributed by atoms with E-state index in [9.17, 15) is 30.2 Å². The van der Waals surface area contributed by atoms with E-state index >= 15 is 0 Å². The van der Waals surface area contributed by atoms with Crippen molar-refractivity contribution in [3.63, 3.8) is 0 Å². The summed E-state index contributed by atoms with van der Waals surface area (Å²) in [5, 5.41) is -7.78. The third-order valence-corrected chi connectivity index (χ3v) is 22.2. The van der Waals surface area contributed by atoms with Gasteiger partial charge in [-0.15, -0.1) is 0 Å². The predicted octanol–water partition coefficient (Wildman–Crippen LogP) is 36.7. The van der Waals surface area contributed by atoms with Gasteiger partial charge in [0.25, 0.3) is 0 Å². The zero-order valence-electron chi connectivity index (χ0n) is 157. The Labute approximate surface area is 957 Å². The molecule has 27 aromatic rings. The summed E-state index contributed by atoms with van der Waals surface area (Å²) in [5.41, 5.74) is -23.6. The molecule has 0 saturated heterocycles. The lowest BCUT2D eigenvalue weighted by Gasteiger charge is -2.14. The molecule has 1 aliphatic rings. The fourth-order valence-corrected chi connectivity index (χ4v) is 15.9. The molecule has 0 aliphatic heterocycles. The van der Waals surface area contributed by atoms with Gasteiger partial charge >= 0.3 is 0 Å². The summed E-state index contributed by atoms with van der Waals surface area (Å²) >= 11 is 0. The molecular formula is C137H88N6O2. The summed E-state index contributed by atoms with van der Waals surface area (Å²) in [6.45, 7) is 0. The molecule has 145 heavy (non-hydrogen) atoms. The van der Waals surface area contributed by atoms with Gasteiger partial charge in [-0.3, -0.25) is 15.0 Å². The van der Waals surface area contributed by atoms with E-state index in [0.717, 1.165) is 6.07 Å². The van der Waals surface area contributed by atoms with Gasteiger partial charge in [-0.25, -0.2) is 15.0 Å². The van der Waals surface area contributed by atoms with E-state index in [1.807, 2.05) is 0 Å². The summed E-state index contributed by atoms with van der Waals surface area (Å²) in [7, 11) is 0. The molecule has 0 atom stereocenters. The molecule has 8 heteroatoms. The molecule has 28 rings (SSSR count). The van der Waals surface area contributed by atoms with Gasteiger partial charge in [-0.2, -0.15) is 0 Å². The largest absolute Gasteiger partial charge is 0.455 e. The van der Waals surface area contributed by atoms with Gasteiger partial charge in [0.15, 0.2) is 0 Å². The predicted molar refractivity (Wildman–Crippen MR) is 603 cm³/mol. The average molecular weight is 1940 g/mol. The monoisotopic (exact) mass is 1930 g/mol. The zero-order valence-corrected chi connectivity index (χ0v) is 72.3. The fourth-order valence-electron chi connectivity index (χ4n) is 15.9. The molecule has 0 bridgehead atoms. The van der Waals surface area contributed by atoms with Crippen LogP contribution in [0.1, 0.15) is 134 Å². The number of nitrogens with zero attached hydrogens (tertiary/aromatic N) is 6. The maximum Gasteiger partial charge on any atom is 0.143 e. The van der Waals surface area contributed by atoms with E-state index in [1.165, 1.54) is 0 Å². The van der Waals surface area contributed by atoms with E-state index < -0.39 is 764 Å². The lowest BCUT2D eigenvalue weighted by Crippen LogP contribution is -1.92. The third-order valence-electron chi connectivity index (χ3n) is 22.2. The Morgan fingerprint density at radius 3 is 0.890 bits per heavy atom. The van der Waals surface area contributed by atoms with Crippen LogP contribution in [0.15, 0.2) is 529 Å². The summed E-state index contributed by atoms with van der Waals surface area (Å²) in [6, 6.07) is -76.5. The van der Waals surface area contributed by atoms with Crippen molar-refractivity contribution in [3.05, 3.63) is 531 Å². The van der Waals surface area contributed by atoms with Gasteiger partial charge in [0.1, 0.15) is 23.0 Å². The maximum absolute atomic E-state index is 10.1. The van der Waals surface area contributed by atoms with Crippen molar-refractivity contribution in [2.45, 2.75) is 6.42 Å². The molecule has 1 aliphatic carbocycles. The molecule has 0 saturated carbocycles. The number of fused-ring (bicyclic) bond motifs is 13. The molecule has 678 valence electrons. The fraction of sp³-hybridized carbons (Fsp3) is 0.00730. The van der Waals surface area contributed by atoms with Crippen molar-refractivity contribution in [1.82, 2.24) is 29.9 Å². The highest BCUT2D eigenvalue weighted by Gasteiger charge is 2.30. The normalized spacial score (nSPS) is 20.3. The Balaban J connectivity index is 0.000000159. The molecule has 0 unspecified atom stereocenters. The zero-order chi connectivity index (χ0) is 170. The number of hydrogen-bond donors (Lipinski definition) is 0. The van der Waals surface area contributed by atoms with Crippen LogP contribution in [0.2, 0.25) is 0 Å². The maximum atomic E-state index is 10.1. The first-order valence-corrected chi connectivity index (χ1v) is 42.3. The third kappa shape index (κ3) is 16.1. The molecule has 0 amide bonds. The first-order valence-electron chi connectivity index (χ1n) is 84.8. The van der Waals surface area contributed by atoms with Gasteiger partial charge in [-0.05, 0) is 159 Å². The lowest BCUT2D eigenvalue weighted by molar-refractivity contribution is 0.598. The van der Waals surface area contributed by atoms with Crippen molar-refractivity contribution in [2.75, 3.05) is 0 Å². The van der Waals surface area contributed by atoms with E-state index in [-0.39, 0.29) is 33.0 Å². The van der Waals surface area contributed by atoms with Crippen molar-refractivity contribution in [2.24, 2.45) is 0 Å². The Morgan fingerprint density at radius 1 is 0.179 bits per heavy atom. The minimum atomic E-state index is -1.28. The van der Waals surface area contributed by atoms with Crippen LogP contribution in [-0.4, -0.2) is 29.9 Å². The number of rotatable bonds is 15. The van der Waals surface area contributed by atoms with Crippen LogP contribution in [0.25, 0.3) is 265 Å². The van der Waals surface area contributed by atoms with Gasteiger partial charge in [0.05, 0.1) is 167 Å². The first-order chi connectivity index (χ1) is 107. The van der Waals surface area contributed by atoms with Crippen LogP contribution in [0.3, 0.4) is 0 Å². The van der Waals surface area contributed by atoms with Crippen LogP contribution < -0.4 is 0 Å². The number of pyridine rings is 6. The standard InChI is InChI=1S/2C50H32N2O.C37H24N2/c1-4-14-33(15-5-1)45-46(50(37-18-8-3-9-19-37)53-49(45)36-16-6-2-7-17-36)39-21-12-20-38(32-39)40-28-29-43(42-24-11-10-23-41(40)42)44-30-27-35-26-25-34-22-13-31-51-47(34)48(35)52-44;1-4-13-34(14-5-1)45-46(50(39-17-8-3-9-18-39)53-49(45)38-15-6-2-7-16-38)35-24-22-33(23-25-35)40-29-30-43(42-21-11-10-20-41(40)42)44-31-28-37-27-26-36-19-12-32-51-47(36)48(37)52-44;1-2-10-29-24(7-1)8-5-13-30(29)27-16-17-28(23-27)31-19-20-34(33-12-4-3-11-32(31)33)35-21-18-26-15-14-25-9-6-22-38-36(25)37(26)39-35/h2*1-32H;1-22H,23H2/i1D,2D,3D,4D,5D,6D,7D,8D,9D,10D,11D,12D,13D,14D,15D,16D,17D,18D,20D,21D,22D,23D,24D,25D,26D,27D,28D,29D,30D,31D,32D;1D,2D,3D,4D,5D,6D,7D,8D,9D,10D,11D,12D,13D,14D,15D,16D,17D,18D,19D,20D,21D,22D,23D,24D,25D,26D,27D,28D,29D,30D,31D,32D;1D,2D,3D,4D,5D,6D,7D,8D,9D,10D,11D,12D,13D,14D,15D,16D,17D,18D,19D,20D,21D,22D. The molecule has 19 aromatic carbocycles. The smallest absolute Gasteiger partial charge is 0.143 e. The number of furan rings is 2. The van der Waals surface area contributed by atoms with Gasteiger partial charge < -0.3 is 8.83 Å². The van der Waals surface area contributed by atoms with Crippen LogP contribution in [0.5, 0.6) is 0 Å². The lowest BCUT2D eigenvalue weighted by atomic mass is 9.89. The topological polar surface area (TPSA) is 104 Å². The minimum Gasteiger partial charge on any atom is -0.455 e. The Bertz CT molecular complexity index is 15300. The Morgan fingerprint density at radius 2 is 0.455 bits per heavy atom. The Kier molecular flexibility index (Phi) is 9.09. The number of hydrogen-bond acceptors (Lipinski definition) is 8. The van der Waals surface area contributed by atoms with E-state index in [1.54, 1.807) is 0 Å². The molecule has 8 heterocycles. The van der Waals surface area contributed by atoms with Crippen LogP contribution in [0.4, 0.5) is 0 Å². The SMILES string of the molecule is [2H]C1=C(c2c([2H])c([2H])c([2H])c3c([2H])c([2H])c([2H])c([2H])c23)CC(c2c([2H])c([2H])c(-c3nc4c(c([2H])c3[2H])c([2H])c([2H])c3c([2H])c([2H])c([2H])nc34)c3c([2H])c([2H])c([2H])c([2H])c23)=C1[2H].[2H]c1cc(-c2oc(-c3c([2H])c([2H])c([2H])c([2H])c3[2H])c(-c3c([2H])c([2H])c([2H])c([2H])c3[2H])c2-c2c([2H])c([2H])c([2H])c(-c3c([2H])c([2H])c(-c4nc5c(c([2H])c4[2H])c([2H])c([2H])c4c([2H])c([2H])c([2H])nc45)c4c([2H])c([2H])c([2H])c([2H])c34)c2[2H])c([2H])c([2H])c1[2H].[2H]c1nc2c(c([2H])c1[2H])c([2H])c([2H])c1c([2H])c([2H])c(-c3c([2H])c([2H])c(-c4c([2H])c([2H])c(-c5c(-c6c([2H])c([2H])c([2H])c([2H])c6[2H])oc(-c6c([2H])c([2H])c([2H])c([2H])c6[2H])c5-c5c([2H])c([2H])c([2H])c([2H])c5[2H])c([2H])c4[2H])c4c([2H])c([2H])c([2H])c([2H])c34)nc12. The molecule has 0 N–H and O–H groups in total. The summed E-state index contributed by atoms with van der Waals surface area (Å²) in [6.07, 6.45) is -2.90. The van der Waals surface area contributed by atoms with E-state index in [2.05, 4.69) is 29.9 Å². The first kappa shape index (κ1) is 35.2. The van der Waals surface area contributed by atoms with Crippen LogP contribution in [-0.2, 0) is 0 Å². The second-order valence-corrected chi connectivity index (χ2v) is 30.4. The van der Waals surface area contributed by atoms with Crippen LogP contribution in [0, 0.1) is 0 Å². The summed E-state index contributed by atoms with van der Waals surface area (Å²) in [5.74, 6) is -4.00. The quantitative estimate of drug-likeness (QED) is 0.0935. The van der Waals surface area contributed by atoms with Gasteiger partial charge in [0, 0.05) is 112 Å². The van der Waals surface area contributed by atoms with Gasteiger partial charge in [-0.1, -0.05) is 459 Å². The molecule has 0 spiro atoms. The van der Waals surface area contributed by atoms with Crippen molar-refractivity contribution < 1.29 is 125 Å². The molecule has 8 aromatic heterocycles. The second kappa shape index (κ2) is 37.5. The number of allylic oxidation sites excluding steroid dienone is 4. The van der Waals surface area contributed by atoms with Crippen molar-refractivity contribution >= 4 is 120 Å². The van der Waals surface area contributed by atoms with Crippen LogP contribution >= 0.6 is 0 Å². The van der Waals surface area contributed by atoms with E-state index in [0.29, 0.717) is 0 Å². The summed E-state index contributed by atoms with van der Waals surface area (Å²) < 4.78 is 768. The molecular weight excluding hydrogens is 1760 g/mol. The summed E-state index contributed by atoms with van der Waals surface area (Å²) in [4.78, 5) is 25.4. The van der Waals surface area contributed by atoms with E-state index in [4.69, 9.17) is 95.2 Å². The molecule has 0 fully saturated rings. The van der Waals surface area contributed by atoms with Crippen molar-refractivity contribution in [1.29, 1.82) is 0 Å². The Hall–Kier alpha value is -19.3. The van der Waals surface area contributed by atoms with Gasteiger partial charge in [0.2, 0.25) is 0 Å². The highest BCUT2D eigenvalue weighted by atomic mass is 16.3. The van der Waals surface area contributed by atoms with Crippen molar-refractivity contribution in [3.8, 4) is 146 Å². The highest BCUT2D eigenvalue weighted by molar-refractivity contribution is 6.14. The molecule has 0 radical (unpaired) electrons. The minimum absolute atomic E-state index is 0.237. The second-order valence-electron chi connectivity index (χ2n) is 30.4. The number of aromatic nitrogens is 6. The molecule has 8 nitrogen and oxygen atoms in total. The average Bonchev–Trinajstić information content (AvgIpc) is 1.22. The highest BCUT2D eigenvalue weighted by Crippen LogP contribution is 2.53.